The van der Waals surface area contributed by atoms with Crippen molar-refractivity contribution in [3.63, 3.8) is 0 Å². The van der Waals surface area contributed by atoms with Crippen molar-refractivity contribution >= 4 is 5.97 Å². The third-order valence-corrected chi connectivity index (χ3v) is 3.99. The molecule has 0 radical (unpaired) electrons. The SMILES string of the molecule is CC(C)C(C(=O)O)n1cccc(OCCN2CCCC2)c1=O. The maximum atomic E-state index is 12.4. The zero-order chi connectivity index (χ0) is 16.1. The molecule has 122 valence electrons. The molecular formula is C16H24N2O4. The lowest BCUT2D eigenvalue weighted by molar-refractivity contribution is -0.142. The topological polar surface area (TPSA) is 71.8 Å². The molecule has 0 aliphatic carbocycles. The number of aromatic nitrogens is 1. The molecule has 2 rings (SSSR count). The van der Waals surface area contributed by atoms with Crippen LogP contribution in [0.25, 0.3) is 0 Å². The van der Waals surface area contributed by atoms with E-state index in [1.807, 2.05) is 0 Å². The Morgan fingerprint density at radius 3 is 2.64 bits per heavy atom. The smallest absolute Gasteiger partial charge is 0.327 e. The molecule has 1 aromatic rings. The maximum Gasteiger partial charge on any atom is 0.327 e. The first-order chi connectivity index (χ1) is 10.5. The molecular weight excluding hydrogens is 284 g/mol. The molecule has 6 heteroatoms. The second kappa shape index (κ2) is 7.45. The molecule has 22 heavy (non-hydrogen) atoms. The Labute approximate surface area is 130 Å². The van der Waals surface area contributed by atoms with E-state index < -0.39 is 12.0 Å². The van der Waals surface area contributed by atoms with Crippen LogP contribution in [0.5, 0.6) is 5.75 Å². The first-order valence-electron chi connectivity index (χ1n) is 7.80. The number of pyridine rings is 1. The molecule has 1 unspecified atom stereocenters. The molecule has 0 amide bonds. The number of carboxylic acids is 1. The largest absolute Gasteiger partial charge is 0.487 e. The van der Waals surface area contributed by atoms with E-state index in [1.54, 1.807) is 26.0 Å². The number of ether oxygens (including phenoxy) is 1. The van der Waals surface area contributed by atoms with Gasteiger partial charge in [-0.15, -0.1) is 0 Å². The Bertz CT molecular complexity index is 562. The highest BCUT2D eigenvalue weighted by atomic mass is 16.5. The van der Waals surface area contributed by atoms with E-state index in [1.165, 1.54) is 23.6 Å². The lowest BCUT2D eigenvalue weighted by Crippen LogP contribution is -2.34. The normalized spacial score (nSPS) is 16.9. The second-order valence-electron chi connectivity index (χ2n) is 6.01. The van der Waals surface area contributed by atoms with Crippen molar-refractivity contribution in [1.82, 2.24) is 9.47 Å². The minimum Gasteiger partial charge on any atom is -0.487 e. The number of nitrogens with zero attached hydrogens (tertiary/aromatic N) is 2. The number of hydrogen-bond acceptors (Lipinski definition) is 4. The molecule has 1 aliphatic heterocycles. The quantitative estimate of drug-likeness (QED) is 0.828. The van der Waals surface area contributed by atoms with Crippen LogP contribution in [0.3, 0.4) is 0 Å². The van der Waals surface area contributed by atoms with Crippen molar-refractivity contribution in [2.75, 3.05) is 26.2 Å². The van der Waals surface area contributed by atoms with Gasteiger partial charge in [0.05, 0.1) is 0 Å². The number of aliphatic carboxylic acids is 1. The molecule has 1 saturated heterocycles. The molecule has 1 aromatic heterocycles. The van der Waals surface area contributed by atoms with Gasteiger partial charge < -0.3 is 9.84 Å². The van der Waals surface area contributed by atoms with E-state index in [0.29, 0.717) is 6.61 Å². The van der Waals surface area contributed by atoms with Gasteiger partial charge in [0.25, 0.3) is 5.56 Å². The summed E-state index contributed by atoms with van der Waals surface area (Å²) in [5, 5.41) is 9.32. The van der Waals surface area contributed by atoms with Gasteiger partial charge >= 0.3 is 5.97 Å². The monoisotopic (exact) mass is 308 g/mol. The molecule has 2 heterocycles. The number of carboxylic acid groups (broad SMARTS) is 1. The van der Waals surface area contributed by atoms with Crippen LogP contribution in [0, 0.1) is 5.92 Å². The summed E-state index contributed by atoms with van der Waals surface area (Å²) < 4.78 is 6.83. The summed E-state index contributed by atoms with van der Waals surface area (Å²) in [6, 6.07) is 2.38. The number of rotatable bonds is 7. The summed E-state index contributed by atoms with van der Waals surface area (Å²) in [4.78, 5) is 26.1. The molecule has 1 aliphatic rings. The van der Waals surface area contributed by atoms with Gasteiger partial charge in [0.2, 0.25) is 0 Å². The van der Waals surface area contributed by atoms with Crippen LogP contribution >= 0.6 is 0 Å². The van der Waals surface area contributed by atoms with Crippen molar-refractivity contribution < 1.29 is 14.6 Å². The summed E-state index contributed by atoms with van der Waals surface area (Å²) in [5.41, 5.74) is -0.384. The average Bonchev–Trinajstić information content (AvgIpc) is 2.95. The summed E-state index contributed by atoms with van der Waals surface area (Å²) >= 11 is 0. The van der Waals surface area contributed by atoms with Gasteiger partial charge in [-0.3, -0.25) is 14.3 Å². The van der Waals surface area contributed by atoms with Gasteiger partial charge in [0.15, 0.2) is 5.75 Å². The Morgan fingerprint density at radius 1 is 1.36 bits per heavy atom. The average molecular weight is 308 g/mol. The molecule has 1 N–H and O–H groups in total. The third kappa shape index (κ3) is 3.88. The fourth-order valence-electron chi connectivity index (χ4n) is 2.83. The van der Waals surface area contributed by atoms with E-state index in [-0.39, 0.29) is 17.2 Å². The minimum atomic E-state index is -1.01. The summed E-state index contributed by atoms with van der Waals surface area (Å²) in [7, 11) is 0. The zero-order valence-corrected chi connectivity index (χ0v) is 13.2. The summed E-state index contributed by atoms with van der Waals surface area (Å²) in [5.74, 6) is -0.977. The Morgan fingerprint density at radius 2 is 2.05 bits per heavy atom. The summed E-state index contributed by atoms with van der Waals surface area (Å²) in [6.07, 6.45) is 3.94. The Kier molecular flexibility index (Phi) is 5.60. The maximum absolute atomic E-state index is 12.4. The van der Waals surface area contributed by atoms with E-state index in [4.69, 9.17) is 4.74 Å². The van der Waals surface area contributed by atoms with Crippen molar-refractivity contribution in [3.05, 3.63) is 28.7 Å². The second-order valence-corrected chi connectivity index (χ2v) is 6.01. The Hall–Kier alpha value is -1.82. The molecule has 1 fully saturated rings. The first kappa shape index (κ1) is 16.5. The summed E-state index contributed by atoms with van der Waals surface area (Å²) in [6.45, 7) is 6.96. The fourth-order valence-corrected chi connectivity index (χ4v) is 2.83. The predicted molar refractivity (Wildman–Crippen MR) is 83.4 cm³/mol. The lowest BCUT2D eigenvalue weighted by Gasteiger charge is -2.20. The number of likely N-dealkylation sites (tertiary alicyclic amines) is 1. The van der Waals surface area contributed by atoms with Gasteiger partial charge in [0.1, 0.15) is 12.6 Å². The van der Waals surface area contributed by atoms with Crippen molar-refractivity contribution in [1.29, 1.82) is 0 Å². The van der Waals surface area contributed by atoms with Gasteiger partial charge in [-0.25, -0.2) is 4.79 Å². The molecule has 1 atom stereocenters. The van der Waals surface area contributed by atoms with Gasteiger partial charge in [-0.2, -0.15) is 0 Å². The lowest BCUT2D eigenvalue weighted by atomic mass is 10.0. The van der Waals surface area contributed by atoms with E-state index in [2.05, 4.69) is 4.90 Å². The van der Waals surface area contributed by atoms with E-state index >= 15 is 0 Å². The number of carbonyl (C=O) groups is 1. The van der Waals surface area contributed by atoms with Crippen molar-refractivity contribution in [3.8, 4) is 5.75 Å². The predicted octanol–water partition coefficient (Wildman–Crippen LogP) is 1.60. The van der Waals surface area contributed by atoms with Crippen molar-refractivity contribution in [2.45, 2.75) is 32.7 Å². The molecule has 0 aromatic carbocycles. The molecule has 0 saturated carbocycles. The molecule has 6 nitrogen and oxygen atoms in total. The van der Waals surface area contributed by atoms with Crippen LogP contribution in [0.4, 0.5) is 0 Å². The first-order valence-corrected chi connectivity index (χ1v) is 7.80. The number of hydrogen-bond donors (Lipinski definition) is 1. The van der Waals surface area contributed by atoms with E-state index in [9.17, 15) is 14.7 Å². The van der Waals surface area contributed by atoms with Gasteiger partial charge in [-0.05, 0) is 44.0 Å². The highest BCUT2D eigenvalue weighted by molar-refractivity contribution is 5.72. The van der Waals surface area contributed by atoms with Crippen LogP contribution in [0.2, 0.25) is 0 Å². The highest BCUT2D eigenvalue weighted by Crippen LogP contribution is 2.17. The van der Waals surface area contributed by atoms with Gasteiger partial charge in [-0.1, -0.05) is 13.8 Å². The third-order valence-electron chi connectivity index (χ3n) is 3.99. The van der Waals surface area contributed by atoms with Crippen LogP contribution in [0.1, 0.15) is 32.7 Å². The van der Waals surface area contributed by atoms with Crippen LogP contribution in [-0.4, -0.2) is 46.8 Å². The molecule has 0 spiro atoms. The zero-order valence-electron chi connectivity index (χ0n) is 13.2. The van der Waals surface area contributed by atoms with Crippen LogP contribution in [-0.2, 0) is 4.79 Å². The highest BCUT2D eigenvalue weighted by Gasteiger charge is 2.25. The van der Waals surface area contributed by atoms with Crippen LogP contribution < -0.4 is 10.3 Å². The van der Waals surface area contributed by atoms with Gasteiger partial charge in [0, 0.05) is 12.7 Å². The van der Waals surface area contributed by atoms with Crippen LogP contribution in [0.15, 0.2) is 23.1 Å². The Balaban J connectivity index is 2.07. The fraction of sp³-hybridized carbons (Fsp3) is 0.625. The van der Waals surface area contributed by atoms with Crippen molar-refractivity contribution in [2.24, 2.45) is 5.92 Å². The van der Waals surface area contributed by atoms with E-state index in [0.717, 1.165) is 19.6 Å². The minimum absolute atomic E-state index is 0.185. The standard InChI is InChI=1S/C16H24N2O4/c1-12(2)14(16(20)21)18-9-5-6-13(15(18)19)22-11-10-17-7-3-4-8-17/h5-6,9,12,14H,3-4,7-8,10-11H2,1-2H3,(H,20,21). The molecule has 0 bridgehead atoms.